The van der Waals surface area contributed by atoms with Crippen molar-refractivity contribution in [2.45, 2.75) is 19.3 Å². The molecule has 1 aliphatic rings. The third-order valence-electron chi connectivity index (χ3n) is 2.56. The molecule has 0 radical (unpaired) electrons. The zero-order chi connectivity index (χ0) is 14.5. The molecule has 0 unspecified atom stereocenters. The molecule has 3 rings (SSSR count). The van der Waals surface area contributed by atoms with Gasteiger partial charge in [-0.1, -0.05) is 11.3 Å². The van der Waals surface area contributed by atoms with Gasteiger partial charge in [0, 0.05) is 12.1 Å². The van der Waals surface area contributed by atoms with Gasteiger partial charge in [-0.2, -0.15) is 0 Å². The second kappa shape index (κ2) is 4.25. The number of amides is 1. The lowest BCUT2D eigenvalue weighted by molar-refractivity contribution is -0.286. The molecule has 9 heteroatoms. The Labute approximate surface area is 115 Å². The average molecular weight is 301 g/mol. The summed E-state index contributed by atoms with van der Waals surface area (Å²) in [6.45, 7) is 1.54. The number of anilines is 1. The highest BCUT2D eigenvalue weighted by atomic mass is 32.1. The highest BCUT2D eigenvalue weighted by Crippen LogP contribution is 2.44. The number of hydrogen-bond acceptors (Lipinski definition) is 6. The number of fused-ring (bicyclic) bond motifs is 2. The van der Waals surface area contributed by atoms with Crippen molar-refractivity contribution < 1.29 is 23.0 Å². The predicted molar refractivity (Wildman–Crippen MR) is 68.1 cm³/mol. The van der Waals surface area contributed by atoms with Crippen molar-refractivity contribution in [2.75, 3.05) is 5.32 Å². The van der Waals surface area contributed by atoms with Crippen LogP contribution in [0.2, 0.25) is 0 Å². The van der Waals surface area contributed by atoms with Gasteiger partial charge in [-0.05, 0) is 6.92 Å². The number of halogens is 2. The molecule has 0 spiro atoms. The molecule has 0 saturated carbocycles. The predicted octanol–water partition coefficient (Wildman–Crippen LogP) is 1.90. The average Bonchev–Trinajstić information content (AvgIpc) is 2.82. The van der Waals surface area contributed by atoms with E-state index in [4.69, 9.17) is 5.73 Å². The summed E-state index contributed by atoms with van der Waals surface area (Å²) in [7, 11) is 0. The smallest absolute Gasteiger partial charge is 0.395 e. The minimum absolute atomic E-state index is 0.0591. The van der Waals surface area contributed by atoms with E-state index in [0.29, 0.717) is 15.3 Å². The summed E-state index contributed by atoms with van der Waals surface area (Å²) in [6.07, 6.45) is -3.65. The van der Waals surface area contributed by atoms with E-state index in [1.54, 1.807) is 6.92 Å². The SMILES string of the molecule is C[C@H](N)C(=O)Nc1nc2cc3c(cc2s1)OC(F)(F)O3. The van der Waals surface area contributed by atoms with Crippen molar-refractivity contribution in [1.29, 1.82) is 0 Å². The molecule has 1 aromatic carbocycles. The first kappa shape index (κ1) is 13.0. The summed E-state index contributed by atoms with van der Waals surface area (Å²) in [5.74, 6) is -0.523. The Hall–Kier alpha value is -2.00. The molecule has 0 aliphatic carbocycles. The number of nitrogens with zero attached hydrogens (tertiary/aromatic N) is 1. The summed E-state index contributed by atoms with van der Waals surface area (Å²) in [5.41, 5.74) is 5.85. The molecule has 1 aromatic heterocycles. The van der Waals surface area contributed by atoms with Crippen LogP contribution in [0.3, 0.4) is 0 Å². The lowest BCUT2D eigenvalue weighted by Crippen LogP contribution is -2.32. The van der Waals surface area contributed by atoms with Crippen molar-refractivity contribution >= 4 is 32.6 Å². The van der Waals surface area contributed by atoms with Crippen LogP contribution >= 0.6 is 11.3 Å². The Bertz CT molecular complexity index is 657. The van der Waals surface area contributed by atoms with Gasteiger partial charge >= 0.3 is 6.29 Å². The summed E-state index contributed by atoms with van der Waals surface area (Å²) in [5, 5.41) is 2.87. The van der Waals surface area contributed by atoms with Crippen LogP contribution in [0.1, 0.15) is 6.92 Å². The van der Waals surface area contributed by atoms with Crippen LogP contribution in [0.5, 0.6) is 11.5 Å². The van der Waals surface area contributed by atoms with E-state index in [1.807, 2.05) is 0 Å². The Morgan fingerprint density at radius 3 is 2.75 bits per heavy atom. The van der Waals surface area contributed by atoms with Gasteiger partial charge in [-0.15, -0.1) is 8.78 Å². The molecule has 3 N–H and O–H groups in total. The Balaban J connectivity index is 1.93. The maximum atomic E-state index is 12.9. The van der Waals surface area contributed by atoms with Crippen LogP contribution in [0, 0.1) is 0 Å². The maximum absolute atomic E-state index is 12.9. The number of alkyl halides is 2. The molecule has 0 fully saturated rings. The summed E-state index contributed by atoms with van der Waals surface area (Å²) < 4.78 is 35.1. The van der Waals surface area contributed by atoms with Crippen LogP contribution in [-0.2, 0) is 4.79 Å². The molecule has 6 nitrogen and oxygen atoms in total. The zero-order valence-electron chi connectivity index (χ0n) is 10.1. The van der Waals surface area contributed by atoms with Gasteiger partial charge in [0.2, 0.25) is 5.91 Å². The largest absolute Gasteiger partial charge is 0.586 e. The maximum Gasteiger partial charge on any atom is 0.586 e. The molecule has 106 valence electrons. The number of hydrogen-bond donors (Lipinski definition) is 2. The minimum Gasteiger partial charge on any atom is -0.395 e. The van der Waals surface area contributed by atoms with E-state index in [1.165, 1.54) is 12.1 Å². The van der Waals surface area contributed by atoms with Gasteiger partial charge in [0.1, 0.15) is 0 Å². The van der Waals surface area contributed by atoms with E-state index >= 15 is 0 Å². The third kappa shape index (κ3) is 2.25. The second-order valence-corrected chi connectivity index (χ2v) is 5.26. The summed E-state index contributed by atoms with van der Waals surface area (Å²) >= 11 is 1.13. The van der Waals surface area contributed by atoms with E-state index in [0.717, 1.165) is 11.3 Å². The molecule has 0 saturated heterocycles. The summed E-state index contributed by atoms with van der Waals surface area (Å²) in [4.78, 5) is 15.6. The quantitative estimate of drug-likeness (QED) is 0.884. The number of aromatic nitrogens is 1. The van der Waals surface area contributed by atoms with Gasteiger partial charge in [-0.3, -0.25) is 4.79 Å². The fraction of sp³-hybridized carbons (Fsp3) is 0.273. The van der Waals surface area contributed by atoms with E-state index in [9.17, 15) is 13.6 Å². The molecule has 1 aliphatic heterocycles. The number of benzene rings is 1. The number of thiazole rings is 1. The van der Waals surface area contributed by atoms with Gasteiger partial charge in [0.05, 0.1) is 16.3 Å². The number of nitrogens with two attached hydrogens (primary N) is 1. The van der Waals surface area contributed by atoms with Crippen molar-refractivity contribution in [3.63, 3.8) is 0 Å². The normalized spacial score (nSPS) is 17.2. The topological polar surface area (TPSA) is 86.5 Å². The highest BCUT2D eigenvalue weighted by molar-refractivity contribution is 7.22. The second-order valence-electron chi connectivity index (χ2n) is 4.23. The van der Waals surface area contributed by atoms with Gasteiger partial charge < -0.3 is 20.5 Å². The molecule has 20 heavy (non-hydrogen) atoms. The highest BCUT2D eigenvalue weighted by Gasteiger charge is 2.43. The fourth-order valence-corrected chi connectivity index (χ4v) is 2.52. The lowest BCUT2D eigenvalue weighted by atomic mass is 10.3. The summed E-state index contributed by atoms with van der Waals surface area (Å²) in [6, 6.07) is 2.06. The lowest BCUT2D eigenvalue weighted by Gasteiger charge is -2.04. The first-order valence-corrected chi connectivity index (χ1v) is 6.42. The Morgan fingerprint density at radius 1 is 1.45 bits per heavy atom. The van der Waals surface area contributed by atoms with Crippen LogP contribution < -0.4 is 20.5 Å². The van der Waals surface area contributed by atoms with Gasteiger partial charge in [0.25, 0.3) is 0 Å². The van der Waals surface area contributed by atoms with Gasteiger partial charge in [0.15, 0.2) is 16.6 Å². The first-order chi connectivity index (χ1) is 9.34. The van der Waals surface area contributed by atoms with Crippen LogP contribution in [0.4, 0.5) is 13.9 Å². The van der Waals surface area contributed by atoms with Crippen LogP contribution in [0.15, 0.2) is 12.1 Å². The number of carbonyl (C=O) groups excluding carboxylic acids is 1. The molecular weight excluding hydrogens is 292 g/mol. The molecule has 2 heterocycles. The third-order valence-corrected chi connectivity index (χ3v) is 3.49. The Kier molecular flexibility index (Phi) is 2.76. The molecular formula is C11H9F2N3O3S. The van der Waals surface area contributed by atoms with Crippen molar-refractivity contribution in [3.05, 3.63) is 12.1 Å². The molecule has 1 atom stereocenters. The van der Waals surface area contributed by atoms with Gasteiger partial charge in [-0.25, -0.2) is 4.98 Å². The Morgan fingerprint density at radius 2 is 2.10 bits per heavy atom. The molecule has 2 aromatic rings. The molecule has 0 bridgehead atoms. The van der Waals surface area contributed by atoms with Crippen LogP contribution in [-0.4, -0.2) is 23.2 Å². The minimum atomic E-state index is -3.65. The standard InChI is InChI=1S/C11H9F2N3O3S/c1-4(14)9(17)16-10-15-5-2-6-7(3-8(5)20-10)19-11(12,13)18-6/h2-4H,14H2,1H3,(H,15,16,17)/t4-/m0/s1. The van der Waals surface area contributed by atoms with Crippen molar-refractivity contribution in [1.82, 2.24) is 4.98 Å². The number of nitrogens with one attached hydrogen (secondary N) is 1. The monoisotopic (exact) mass is 301 g/mol. The first-order valence-electron chi connectivity index (χ1n) is 5.61. The van der Waals surface area contributed by atoms with Crippen molar-refractivity contribution in [2.24, 2.45) is 5.73 Å². The number of rotatable bonds is 2. The van der Waals surface area contributed by atoms with Crippen LogP contribution in [0.25, 0.3) is 10.2 Å². The zero-order valence-corrected chi connectivity index (χ0v) is 11.0. The number of ether oxygens (including phenoxy) is 2. The fourth-order valence-electron chi connectivity index (χ4n) is 1.65. The van der Waals surface area contributed by atoms with E-state index < -0.39 is 12.3 Å². The number of carbonyl (C=O) groups is 1. The molecule has 1 amide bonds. The van der Waals surface area contributed by atoms with E-state index in [2.05, 4.69) is 19.8 Å². The van der Waals surface area contributed by atoms with Crippen molar-refractivity contribution in [3.8, 4) is 11.5 Å². The van der Waals surface area contributed by atoms with E-state index in [-0.39, 0.29) is 17.4 Å².